The first kappa shape index (κ1) is 24.4. The van der Waals surface area contributed by atoms with E-state index in [0.717, 1.165) is 11.6 Å². The second-order valence-electron chi connectivity index (χ2n) is 7.11. The fourth-order valence-electron chi connectivity index (χ4n) is 3.10. The van der Waals surface area contributed by atoms with Gasteiger partial charge in [0.1, 0.15) is 16.4 Å². The van der Waals surface area contributed by atoms with E-state index in [2.05, 4.69) is 10.3 Å². The zero-order valence-corrected chi connectivity index (χ0v) is 18.8. The van der Waals surface area contributed by atoms with E-state index in [0.29, 0.717) is 15.6 Å². The van der Waals surface area contributed by atoms with Crippen molar-refractivity contribution in [3.63, 3.8) is 0 Å². The number of halogens is 3. The van der Waals surface area contributed by atoms with Crippen LogP contribution in [0.3, 0.4) is 0 Å². The van der Waals surface area contributed by atoms with Crippen LogP contribution in [0.5, 0.6) is 0 Å². The Kier molecular flexibility index (Phi) is 7.83. The van der Waals surface area contributed by atoms with E-state index >= 15 is 0 Å². The van der Waals surface area contributed by atoms with Gasteiger partial charge in [-0.05, 0) is 19.1 Å². The van der Waals surface area contributed by atoms with Gasteiger partial charge in [0.05, 0.1) is 23.6 Å². The highest BCUT2D eigenvalue weighted by Crippen LogP contribution is 2.34. The Labute approximate surface area is 193 Å². The van der Waals surface area contributed by atoms with E-state index in [1.807, 2.05) is 30.3 Å². The molecule has 0 bridgehead atoms. The first-order valence-corrected chi connectivity index (χ1v) is 10.8. The first-order valence-electron chi connectivity index (χ1n) is 9.98. The van der Waals surface area contributed by atoms with Crippen molar-refractivity contribution < 1.29 is 27.5 Å². The Bertz CT molecular complexity index is 1120. The van der Waals surface area contributed by atoms with Crippen molar-refractivity contribution in [1.82, 2.24) is 9.88 Å². The van der Waals surface area contributed by atoms with Crippen LogP contribution in [0, 0.1) is 6.92 Å². The van der Waals surface area contributed by atoms with Crippen LogP contribution >= 0.6 is 11.3 Å². The second-order valence-corrected chi connectivity index (χ2v) is 8.11. The van der Waals surface area contributed by atoms with Gasteiger partial charge >= 0.3 is 6.18 Å². The lowest BCUT2D eigenvalue weighted by molar-refractivity contribution is -0.137. The van der Waals surface area contributed by atoms with Gasteiger partial charge in [0.15, 0.2) is 0 Å². The number of nitrogens with one attached hydrogen (secondary N) is 1. The molecule has 0 fully saturated rings. The minimum atomic E-state index is -4.62. The van der Waals surface area contributed by atoms with Crippen molar-refractivity contribution in [1.29, 1.82) is 0 Å². The Morgan fingerprint density at radius 2 is 1.76 bits per heavy atom. The van der Waals surface area contributed by atoms with Crippen LogP contribution in [-0.4, -0.2) is 48.5 Å². The molecule has 1 aromatic heterocycles. The molecule has 33 heavy (non-hydrogen) atoms. The number of carbonyl (C=O) groups excluding carboxylic acids is 2. The number of methoxy groups -OCH3 is 1. The molecule has 0 aliphatic rings. The zero-order valence-electron chi connectivity index (χ0n) is 18.0. The number of benzene rings is 2. The van der Waals surface area contributed by atoms with Crippen molar-refractivity contribution in [2.24, 2.45) is 0 Å². The number of anilines is 1. The summed E-state index contributed by atoms with van der Waals surface area (Å²) in [7, 11) is 1.45. The van der Waals surface area contributed by atoms with Gasteiger partial charge in [-0.2, -0.15) is 13.2 Å². The molecule has 1 N–H and O–H groups in total. The predicted octanol–water partition coefficient (Wildman–Crippen LogP) is 4.86. The zero-order chi connectivity index (χ0) is 24.0. The number of thiazole rings is 1. The van der Waals surface area contributed by atoms with Crippen LogP contribution in [-0.2, 0) is 15.7 Å². The predicted molar refractivity (Wildman–Crippen MR) is 120 cm³/mol. The average Bonchev–Trinajstić information content (AvgIpc) is 3.18. The summed E-state index contributed by atoms with van der Waals surface area (Å²) in [5, 5.41) is 2.93. The van der Waals surface area contributed by atoms with Gasteiger partial charge in [-0.1, -0.05) is 42.5 Å². The molecule has 3 aromatic rings. The Morgan fingerprint density at radius 3 is 2.42 bits per heavy atom. The van der Waals surface area contributed by atoms with Crippen LogP contribution in [0.2, 0.25) is 0 Å². The summed E-state index contributed by atoms with van der Waals surface area (Å²) in [5.41, 5.74) is 0.0390. The van der Waals surface area contributed by atoms with E-state index in [9.17, 15) is 22.8 Å². The highest BCUT2D eigenvalue weighted by Gasteiger charge is 2.34. The summed E-state index contributed by atoms with van der Waals surface area (Å²) in [5.74, 6) is -1.19. The monoisotopic (exact) mass is 477 g/mol. The van der Waals surface area contributed by atoms with Gasteiger partial charge < -0.3 is 15.0 Å². The number of alkyl halides is 3. The first-order chi connectivity index (χ1) is 15.7. The highest BCUT2D eigenvalue weighted by molar-refractivity contribution is 7.17. The van der Waals surface area contributed by atoms with Crippen molar-refractivity contribution in [2.45, 2.75) is 13.1 Å². The number of ether oxygens (including phenoxy) is 1. The third kappa shape index (κ3) is 6.17. The highest BCUT2D eigenvalue weighted by atomic mass is 32.1. The molecule has 2 aromatic carbocycles. The van der Waals surface area contributed by atoms with Crippen LogP contribution < -0.4 is 5.32 Å². The quantitative estimate of drug-likeness (QED) is 0.503. The third-order valence-corrected chi connectivity index (χ3v) is 5.90. The average molecular weight is 478 g/mol. The number of para-hydroxylation sites is 1. The smallest absolute Gasteiger partial charge is 0.383 e. The molecule has 0 spiro atoms. The Morgan fingerprint density at radius 1 is 1.09 bits per heavy atom. The molecule has 0 radical (unpaired) electrons. The van der Waals surface area contributed by atoms with Gasteiger partial charge in [0.2, 0.25) is 5.91 Å². The molecule has 0 atom stereocenters. The van der Waals surface area contributed by atoms with E-state index in [1.165, 1.54) is 41.5 Å². The maximum absolute atomic E-state index is 13.2. The van der Waals surface area contributed by atoms with Gasteiger partial charge in [0, 0.05) is 19.2 Å². The Hall–Kier alpha value is -3.24. The van der Waals surface area contributed by atoms with Crippen LogP contribution in [0.15, 0.2) is 54.6 Å². The molecule has 10 heteroatoms. The molecule has 0 aliphatic carbocycles. The van der Waals surface area contributed by atoms with Crippen LogP contribution in [0.4, 0.5) is 18.9 Å². The molecule has 0 saturated carbocycles. The van der Waals surface area contributed by atoms with Gasteiger partial charge in [-0.3, -0.25) is 9.59 Å². The third-order valence-electron chi connectivity index (χ3n) is 4.71. The van der Waals surface area contributed by atoms with Gasteiger partial charge in [-0.15, -0.1) is 11.3 Å². The number of hydrogen-bond acceptors (Lipinski definition) is 5. The molecular weight excluding hydrogens is 455 g/mol. The molecule has 0 saturated heterocycles. The molecule has 6 nitrogen and oxygen atoms in total. The summed E-state index contributed by atoms with van der Waals surface area (Å²) < 4.78 is 44.7. The number of carbonyl (C=O) groups is 2. The van der Waals surface area contributed by atoms with Crippen LogP contribution in [0.25, 0.3) is 10.6 Å². The fraction of sp³-hybridized carbons (Fsp3) is 0.261. The minimum absolute atomic E-state index is 0.0850. The molecule has 2 amide bonds. The maximum atomic E-state index is 13.2. The van der Waals surface area contributed by atoms with Gasteiger partial charge in [0.25, 0.3) is 5.91 Å². The Balaban J connectivity index is 1.80. The SMILES string of the molecule is COCCN(CC(=O)Nc1ccccc1C(F)(F)F)C(=O)c1sc(-c2ccccc2)nc1C. The van der Waals surface area contributed by atoms with Gasteiger partial charge in [-0.25, -0.2) is 4.98 Å². The molecule has 174 valence electrons. The molecule has 0 unspecified atom stereocenters. The molecule has 0 aliphatic heterocycles. The normalized spacial score (nSPS) is 11.3. The van der Waals surface area contributed by atoms with E-state index in [1.54, 1.807) is 6.92 Å². The largest absolute Gasteiger partial charge is 0.418 e. The molecule has 3 rings (SSSR count). The van der Waals surface area contributed by atoms with E-state index < -0.39 is 30.1 Å². The van der Waals surface area contributed by atoms with E-state index in [-0.39, 0.29) is 18.8 Å². The molecule has 1 heterocycles. The number of aromatic nitrogens is 1. The number of amides is 2. The summed E-state index contributed by atoms with van der Waals surface area (Å²) in [6, 6.07) is 14.0. The summed E-state index contributed by atoms with van der Waals surface area (Å²) in [4.78, 5) is 31.9. The lowest BCUT2D eigenvalue weighted by atomic mass is 10.1. The minimum Gasteiger partial charge on any atom is -0.383 e. The van der Waals surface area contributed by atoms with Crippen molar-refractivity contribution in [3.8, 4) is 10.6 Å². The summed E-state index contributed by atoms with van der Waals surface area (Å²) in [6.45, 7) is 1.50. The summed E-state index contributed by atoms with van der Waals surface area (Å²) >= 11 is 1.20. The lowest BCUT2D eigenvalue weighted by Crippen LogP contribution is -2.40. The van der Waals surface area contributed by atoms with Crippen molar-refractivity contribution in [2.75, 3.05) is 32.1 Å². The van der Waals surface area contributed by atoms with Crippen molar-refractivity contribution >= 4 is 28.8 Å². The number of nitrogens with zero attached hydrogens (tertiary/aromatic N) is 2. The maximum Gasteiger partial charge on any atom is 0.418 e. The fourth-order valence-corrected chi connectivity index (χ4v) is 4.14. The lowest BCUT2D eigenvalue weighted by Gasteiger charge is -2.22. The standard InChI is InChI=1S/C23H22F3N3O3S/c1-15-20(33-21(27-15)16-8-4-3-5-9-16)22(31)29(12-13-32-2)14-19(30)28-18-11-7-6-10-17(18)23(24,25)26/h3-11H,12-14H2,1-2H3,(H,28,30). The van der Waals surface area contributed by atoms with E-state index in [4.69, 9.17) is 4.74 Å². The topological polar surface area (TPSA) is 71.5 Å². The number of aryl methyl sites for hydroxylation is 1. The number of hydrogen-bond donors (Lipinski definition) is 1. The summed E-state index contributed by atoms with van der Waals surface area (Å²) in [6.07, 6.45) is -4.62. The second kappa shape index (κ2) is 10.6. The number of rotatable bonds is 8. The van der Waals surface area contributed by atoms with Crippen molar-refractivity contribution in [3.05, 3.63) is 70.7 Å². The molecular formula is C23H22F3N3O3S. The van der Waals surface area contributed by atoms with Crippen LogP contribution in [0.1, 0.15) is 20.9 Å².